The first-order chi connectivity index (χ1) is 11.5. The largest absolute Gasteiger partial charge is 0.396 e. The fourth-order valence-electron chi connectivity index (χ4n) is 2.71. The molecular formula is C16H15Cl2N3O2S. The Morgan fingerprint density at radius 1 is 1.29 bits per heavy atom. The van der Waals surface area contributed by atoms with Gasteiger partial charge in [-0.2, -0.15) is 0 Å². The first-order valence-electron chi connectivity index (χ1n) is 7.37. The van der Waals surface area contributed by atoms with E-state index in [1.165, 1.54) is 11.3 Å². The molecule has 0 saturated carbocycles. The lowest BCUT2D eigenvalue weighted by Crippen LogP contribution is -2.42. The minimum atomic E-state index is -0.505. The van der Waals surface area contributed by atoms with E-state index < -0.39 is 6.04 Å². The average molecular weight is 384 g/mol. The van der Waals surface area contributed by atoms with Crippen LogP contribution in [0.15, 0.2) is 29.6 Å². The molecule has 1 aliphatic rings. The number of rotatable bonds is 3. The number of hydrogen-bond acceptors (Lipinski definition) is 4. The van der Waals surface area contributed by atoms with Crippen LogP contribution in [0.4, 0.5) is 11.4 Å². The van der Waals surface area contributed by atoms with Gasteiger partial charge in [0.05, 0.1) is 20.6 Å². The molecule has 0 bridgehead atoms. The van der Waals surface area contributed by atoms with Gasteiger partial charge in [-0.15, -0.1) is 11.3 Å². The lowest BCUT2D eigenvalue weighted by Gasteiger charge is -2.23. The van der Waals surface area contributed by atoms with Gasteiger partial charge in [0.2, 0.25) is 5.91 Å². The highest BCUT2D eigenvalue weighted by Crippen LogP contribution is 2.31. The second-order valence-corrected chi connectivity index (χ2v) is 7.24. The first-order valence-corrected chi connectivity index (χ1v) is 9.01. The van der Waals surface area contributed by atoms with Gasteiger partial charge in [0.15, 0.2) is 0 Å². The van der Waals surface area contributed by atoms with E-state index >= 15 is 0 Å². The summed E-state index contributed by atoms with van der Waals surface area (Å²) in [6.45, 7) is 0.568. The van der Waals surface area contributed by atoms with E-state index in [1.807, 2.05) is 11.4 Å². The SMILES string of the molecule is Nc1c(Cl)cc(NC(=O)[C@@H]2CCCN2C(=O)c2cccs2)cc1Cl. The number of nitrogens with one attached hydrogen (secondary N) is 1. The zero-order chi connectivity index (χ0) is 17.3. The molecule has 1 fully saturated rings. The highest BCUT2D eigenvalue weighted by molar-refractivity contribution is 7.12. The number of benzene rings is 1. The Hall–Kier alpha value is -1.76. The molecule has 0 unspecified atom stereocenters. The highest BCUT2D eigenvalue weighted by atomic mass is 35.5. The molecule has 3 N–H and O–H groups in total. The Balaban J connectivity index is 1.75. The number of anilines is 2. The van der Waals surface area contributed by atoms with Crippen molar-refractivity contribution < 1.29 is 9.59 Å². The molecule has 1 saturated heterocycles. The van der Waals surface area contributed by atoms with Crippen molar-refractivity contribution in [2.24, 2.45) is 0 Å². The van der Waals surface area contributed by atoms with Gasteiger partial charge in [0.25, 0.3) is 5.91 Å². The van der Waals surface area contributed by atoms with Crippen LogP contribution in [0.25, 0.3) is 0 Å². The van der Waals surface area contributed by atoms with E-state index in [2.05, 4.69) is 5.32 Å². The topological polar surface area (TPSA) is 75.4 Å². The maximum absolute atomic E-state index is 12.6. The van der Waals surface area contributed by atoms with Crippen LogP contribution >= 0.6 is 34.5 Å². The molecule has 126 valence electrons. The quantitative estimate of drug-likeness (QED) is 0.789. The molecule has 1 aromatic carbocycles. The zero-order valence-electron chi connectivity index (χ0n) is 12.6. The summed E-state index contributed by atoms with van der Waals surface area (Å²) in [6.07, 6.45) is 1.41. The molecule has 0 spiro atoms. The number of amides is 2. The highest BCUT2D eigenvalue weighted by Gasteiger charge is 2.35. The van der Waals surface area contributed by atoms with Crippen LogP contribution in [0.2, 0.25) is 10.0 Å². The maximum Gasteiger partial charge on any atom is 0.264 e. The van der Waals surface area contributed by atoms with Crippen molar-refractivity contribution in [1.29, 1.82) is 0 Å². The van der Waals surface area contributed by atoms with E-state index in [1.54, 1.807) is 23.1 Å². The van der Waals surface area contributed by atoms with E-state index in [4.69, 9.17) is 28.9 Å². The standard InChI is InChI=1S/C16H15Cl2N3O2S/c17-10-7-9(8-11(18)14(10)19)20-15(22)12-3-1-5-21(12)16(23)13-4-2-6-24-13/h2,4,6-8,12H,1,3,5,19H2,(H,20,22)/t12-/m0/s1. The molecule has 1 atom stereocenters. The number of nitrogens with zero attached hydrogens (tertiary/aromatic N) is 1. The van der Waals surface area contributed by atoms with Gasteiger partial charge in [0.1, 0.15) is 6.04 Å². The second kappa shape index (κ2) is 7.01. The Morgan fingerprint density at radius 3 is 2.62 bits per heavy atom. The van der Waals surface area contributed by atoms with E-state index in [0.29, 0.717) is 23.5 Å². The number of nitrogens with two attached hydrogens (primary N) is 1. The molecule has 0 aliphatic carbocycles. The molecule has 1 aliphatic heterocycles. The number of carbonyl (C=O) groups excluding carboxylic acids is 2. The molecule has 2 amide bonds. The molecular weight excluding hydrogens is 369 g/mol. The van der Waals surface area contributed by atoms with E-state index in [9.17, 15) is 9.59 Å². The summed E-state index contributed by atoms with van der Waals surface area (Å²) in [5.41, 5.74) is 6.42. The van der Waals surface area contributed by atoms with E-state index in [0.717, 1.165) is 6.42 Å². The number of nitrogen functional groups attached to an aromatic ring is 1. The monoisotopic (exact) mass is 383 g/mol. The van der Waals surface area contributed by atoms with Crippen molar-refractivity contribution >= 4 is 57.7 Å². The summed E-state index contributed by atoms with van der Waals surface area (Å²) in [5, 5.41) is 5.16. The third kappa shape index (κ3) is 3.36. The summed E-state index contributed by atoms with van der Waals surface area (Å²) in [7, 11) is 0. The maximum atomic E-state index is 12.6. The van der Waals surface area contributed by atoms with Crippen molar-refractivity contribution in [2.75, 3.05) is 17.6 Å². The second-order valence-electron chi connectivity index (χ2n) is 5.48. The summed E-state index contributed by atoms with van der Waals surface area (Å²) in [4.78, 5) is 27.4. The van der Waals surface area contributed by atoms with E-state index in [-0.39, 0.29) is 27.5 Å². The van der Waals surface area contributed by atoms with Crippen LogP contribution in [0.5, 0.6) is 0 Å². The van der Waals surface area contributed by atoms with Crippen LogP contribution in [0.3, 0.4) is 0 Å². The van der Waals surface area contributed by atoms with Crippen molar-refractivity contribution in [3.63, 3.8) is 0 Å². The van der Waals surface area contributed by atoms with Crippen molar-refractivity contribution in [2.45, 2.75) is 18.9 Å². The third-order valence-electron chi connectivity index (χ3n) is 3.89. The number of hydrogen-bond donors (Lipinski definition) is 2. The summed E-state index contributed by atoms with van der Waals surface area (Å²) in [6, 6.07) is 6.17. The molecule has 2 heterocycles. The number of carbonyl (C=O) groups is 2. The average Bonchev–Trinajstić information content (AvgIpc) is 3.22. The predicted octanol–water partition coefficient (Wildman–Crippen LogP) is 3.88. The Kier molecular flexibility index (Phi) is 4.99. The summed E-state index contributed by atoms with van der Waals surface area (Å²) >= 11 is 13.3. The molecule has 0 radical (unpaired) electrons. The van der Waals surface area contributed by atoms with Crippen LogP contribution < -0.4 is 11.1 Å². The number of likely N-dealkylation sites (tertiary alicyclic amines) is 1. The number of thiophene rings is 1. The minimum absolute atomic E-state index is 0.115. The Bertz CT molecular complexity index is 757. The fraction of sp³-hybridized carbons (Fsp3) is 0.250. The van der Waals surface area contributed by atoms with Crippen molar-refractivity contribution in [3.05, 3.63) is 44.6 Å². The predicted molar refractivity (Wildman–Crippen MR) is 97.9 cm³/mol. The van der Waals surface area contributed by atoms with Gasteiger partial charge in [-0.25, -0.2) is 0 Å². The summed E-state index contributed by atoms with van der Waals surface area (Å²) < 4.78 is 0. The Labute approximate surface area is 153 Å². The Morgan fingerprint density at radius 2 is 2.00 bits per heavy atom. The van der Waals surface area contributed by atoms with Crippen LogP contribution in [0.1, 0.15) is 22.5 Å². The molecule has 2 aromatic rings. The lowest BCUT2D eigenvalue weighted by atomic mass is 10.2. The molecule has 8 heteroatoms. The van der Waals surface area contributed by atoms with Gasteiger partial charge in [-0.05, 0) is 36.4 Å². The van der Waals surface area contributed by atoms with Gasteiger partial charge >= 0.3 is 0 Å². The third-order valence-corrected chi connectivity index (χ3v) is 5.38. The molecule has 24 heavy (non-hydrogen) atoms. The zero-order valence-corrected chi connectivity index (χ0v) is 14.9. The van der Waals surface area contributed by atoms with Gasteiger partial charge < -0.3 is 16.0 Å². The lowest BCUT2D eigenvalue weighted by molar-refractivity contribution is -0.119. The molecule has 3 rings (SSSR count). The molecule has 1 aromatic heterocycles. The van der Waals surface area contributed by atoms with Crippen molar-refractivity contribution in [1.82, 2.24) is 4.90 Å². The fourth-order valence-corrected chi connectivity index (χ4v) is 3.87. The van der Waals surface area contributed by atoms with Gasteiger partial charge in [-0.1, -0.05) is 29.3 Å². The van der Waals surface area contributed by atoms with Crippen LogP contribution in [-0.4, -0.2) is 29.3 Å². The minimum Gasteiger partial charge on any atom is -0.396 e. The van der Waals surface area contributed by atoms with Crippen LogP contribution in [-0.2, 0) is 4.79 Å². The molecule has 5 nitrogen and oxygen atoms in total. The summed E-state index contributed by atoms with van der Waals surface area (Å²) in [5.74, 6) is -0.370. The first kappa shape index (κ1) is 17.1. The van der Waals surface area contributed by atoms with Crippen molar-refractivity contribution in [3.8, 4) is 0 Å². The van der Waals surface area contributed by atoms with Gasteiger partial charge in [0, 0.05) is 12.2 Å². The van der Waals surface area contributed by atoms with Gasteiger partial charge in [-0.3, -0.25) is 9.59 Å². The number of halogens is 2. The normalized spacial score (nSPS) is 17.1. The smallest absolute Gasteiger partial charge is 0.264 e. The van der Waals surface area contributed by atoms with Crippen LogP contribution in [0, 0.1) is 0 Å².